The van der Waals surface area contributed by atoms with Crippen LogP contribution in [0.4, 0.5) is 0 Å². The second-order valence-corrected chi connectivity index (χ2v) is 6.63. The highest BCUT2D eigenvalue weighted by molar-refractivity contribution is 5.75. The van der Waals surface area contributed by atoms with E-state index in [1.54, 1.807) is 0 Å². The maximum atomic E-state index is 11.9. The minimum Gasteiger partial charge on any atom is -0.356 e. The molecule has 2 rings (SSSR count). The van der Waals surface area contributed by atoms with Gasteiger partial charge in [-0.1, -0.05) is 42.4 Å². The molecule has 0 fully saturated rings. The molecule has 0 saturated carbocycles. The highest BCUT2D eigenvalue weighted by atomic mass is 16.5. The maximum absolute atomic E-state index is 11.9. The van der Waals surface area contributed by atoms with E-state index in [0.717, 1.165) is 44.6 Å². The zero-order valence-electron chi connectivity index (χ0n) is 15.9. The highest BCUT2D eigenvalue weighted by Crippen LogP contribution is 2.05. The summed E-state index contributed by atoms with van der Waals surface area (Å²) in [6, 6.07) is 10.4. The molecule has 1 aromatic carbocycles. The lowest BCUT2D eigenvalue weighted by molar-refractivity contribution is -0.121. The van der Waals surface area contributed by atoms with Crippen molar-refractivity contribution in [2.24, 2.45) is 0 Å². The molecule has 0 aliphatic heterocycles. The lowest BCUT2D eigenvalue weighted by Crippen LogP contribution is -2.28. The molecule has 1 heterocycles. The molecule has 0 aliphatic rings. The van der Waals surface area contributed by atoms with Gasteiger partial charge in [0, 0.05) is 32.4 Å². The van der Waals surface area contributed by atoms with Crippen molar-refractivity contribution in [2.45, 2.75) is 52.0 Å². The molecule has 6 nitrogen and oxygen atoms in total. The Balaban J connectivity index is 1.51. The van der Waals surface area contributed by atoms with Crippen LogP contribution in [0, 0.1) is 0 Å². The first-order valence-electron chi connectivity index (χ1n) is 9.48. The fraction of sp³-hybridized carbons (Fsp3) is 0.550. The first kappa shape index (κ1) is 20.1. The molecule has 0 aliphatic carbocycles. The highest BCUT2D eigenvalue weighted by Gasteiger charge is 2.07. The number of amides is 1. The van der Waals surface area contributed by atoms with Crippen LogP contribution in [0.25, 0.3) is 0 Å². The zero-order valence-corrected chi connectivity index (χ0v) is 15.9. The lowest BCUT2D eigenvalue weighted by Gasteiger charge is -2.16. The van der Waals surface area contributed by atoms with Gasteiger partial charge in [-0.3, -0.25) is 4.79 Å². The van der Waals surface area contributed by atoms with Gasteiger partial charge in [0.15, 0.2) is 5.82 Å². The quantitative estimate of drug-likeness (QED) is 0.591. The summed E-state index contributed by atoms with van der Waals surface area (Å²) in [4.78, 5) is 18.5. The molecule has 26 heavy (non-hydrogen) atoms. The predicted molar refractivity (Wildman–Crippen MR) is 102 cm³/mol. The average molecular weight is 358 g/mol. The van der Waals surface area contributed by atoms with Gasteiger partial charge in [-0.15, -0.1) is 0 Å². The van der Waals surface area contributed by atoms with E-state index in [2.05, 4.69) is 58.6 Å². The Hall–Kier alpha value is -2.21. The fourth-order valence-electron chi connectivity index (χ4n) is 2.76. The van der Waals surface area contributed by atoms with Gasteiger partial charge < -0.3 is 14.7 Å². The number of nitrogens with zero attached hydrogens (tertiary/aromatic N) is 3. The van der Waals surface area contributed by atoms with E-state index < -0.39 is 0 Å². The SMILES string of the molecule is CCCc1noc(CCCC(=O)NCCCN(C)Cc2ccccc2)n1. The molecule has 2 aromatic rings. The molecule has 142 valence electrons. The van der Waals surface area contributed by atoms with E-state index in [1.807, 2.05) is 6.07 Å². The summed E-state index contributed by atoms with van der Waals surface area (Å²) in [5.41, 5.74) is 1.31. The van der Waals surface area contributed by atoms with Crippen molar-refractivity contribution < 1.29 is 9.32 Å². The summed E-state index contributed by atoms with van der Waals surface area (Å²) in [6.07, 6.45) is 4.66. The van der Waals surface area contributed by atoms with Crippen LogP contribution < -0.4 is 5.32 Å². The summed E-state index contributed by atoms with van der Waals surface area (Å²) in [6.45, 7) is 4.68. The molecule has 0 bridgehead atoms. The normalized spacial score (nSPS) is 11.0. The Morgan fingerprint density at radius 1 is 1.19 bits per heavy atom. The van der Waals surface area contributed by atoms with Crippen LogP contribution in [0.15, 0.2) is 34.9 Å². The number of rotatable bonds is 12. The topological polar surface area (TPSA) is 71.3 Å². The van der Waals surface area contributed by atoms with Gasteiger partial charge in [0.1, 0.15) is 0 Å². The summed E-state index contributed by atoms with van der Waals surface area (Å²) in [7, 11) is 2.10. The third-order valence-electron chi connectivity index (χ3n) is 4.11. The second kappa shape index (κ2) is 11.4. The van der Waals surface area contributed by atoms with Crippen molar-refractivity contribution in [3.05, 3.63) is 47.6 Å². The van der Waals surface area contributed by atoms with Gasteiger partial charge in [-0.25, -0.2) is 0 Å². The summed E-state index contributed by atoms with van der Waals surface area (Å²) in [5, 5.41) is 6.90. The summed E-state index contributed by atoms with van der Waals surface area (Å²) in [5.74, 6) is 1.47. The predicted octanol–water partition coefficient (Wildman–Crippen LogP) is 2.98. The maximum Gasteiger partial charge on any atom is 0.226 e. The smallest absolute Gasteiger partial charge is 0.226 e. The molecule has 0 spiro atoms. The second-order valence-electron chi connectivity index (χ2n) is 6.63. The largest absolute Gasteiger partial charge is 0.356 e. The van der Waals surface area contributed by atoms with Gasteiger partial charge in [-0.05, 0) is 38.4 Å². The van der Waals surface area contributed by atoms with Crippen molar-refractivity contribution >= 4 is 5.91 Å². The van der Waals surface area contributed by atoms with Crippen molar-refractivity contribution in [1.29, 1.82) is 0 Å². The number of nitrogens with one attached hydrogen (secondary N) is 1. The van der Waals surface area contributed by atoms with E-state index >= 15 is 0 Å². The van der Waals surface area contributed by atoms with E-state index in [4.69, 9.17) is 4.52 Å². The summed E-state index contributed by atoms with van der Waals surface area (Å²) >= 11 is 0. The minimum absolute atomic E-state index is 0.0870. The first-order valence-corrected chi connectivity index (χ1v) is 9.48. The Labute approximate surface area is 156 Å². The fourth-order valence-corrected chi connectivity index (χ4v) is 2.76. The number of hydrogen-bond acceptors (Lipinski definition) is 5. The molecule has 0 unspecified atom stereocenters. The van der Waals surface area contributed by atoms with Crippen molar-refractivity contribution in [2.75, 3.05) is 20.1 Å². The number of aromatic nitrogens is 2. The zero-order chi connectivity index (χ0) is 18.6. The van der Waals surface area contributed by atoms with Crippen LogP contribution >= 0.6 is 0 Å². The van der Waals surface area contributed by atoms with Gasteiger partial charge >= 0.3 is 0 Å². The number of aryl methyl sites for hydroxylation is 2. The van der Waals surface area contributed by atoms with Gasteiger partial charge in [0.25, 0.3) is 0 Å². The van der Waals surface area contributed by atoms with Gasteiger partial charge in [-0.2, -0.15) is 4.98 Å². The minimum atomic E-state index is 0.0870. The average Bonchev–Trinajstić information content (AvgIpc) is 3.07. The van der Waals surface area contributed by atoms with Crippen molar-refractivity contribution in [3.63, 3.8) is 0 Å². The van der Waals surface area contributed by atoms with E-state index in [0.29, 0.717) is 25.3 Å². The molecule has 1 amide bonds. The molecule has 1 aromatic heterocycles. The van der Waals surface area contributed by atoms with Crippen molar-refractivity contribution in [1.82, 2.24) is 20.4 Å². The third-order valence-corrected chi connectivity index (χ3v) is 4.11. The van der Waals surface area contributed by atoms with Crippen LogP contribution in [-0.4, -0.2) is 41.1 Å². The summed E-state index contributed by atoms with van der Waals surface area (Å²) < 4.78 is 5.17. The number of carbonyl (C=O) groups is 1. The lowest BCUT2D eigenvalue weighted by atomic mass is 10.2. The standard InChI is InChI=1S/C20H30N4O2/c1-3-9-18-22-20(26-23-18)13-7-12-19(25)21-14-8-15-24(2)16-17-10-5-4-6-11-17/h4-6,10-11H,3,7-9,12-16H2,1-2H3,(H,21,25). The molecule has 0 radical (unpaired) electrons. The Kier molecular flexibility index (Phi) is 8.83. The monoisotopic (exact) mass is 358 g/mol. The Morgan fingerprint density at radius 3 is 2.77 bits per heavy atom. The Morgan fingerprint density at radius 2 is 2.00 bits per heavy atom. The Bertz CT molecular complexity index is 642. The van der Waals surface area contributed by atoms with Crippen LogP contribution in [0.2, 0.25) is 0 Å². The van der Waals surface area contributed by atoms with Crippen LogP contribution in [0.1, 0.15) is 49.9 Å². The number of hydrogen-bond donors (Lipinski definition) is 1. The van der Waals surface area contributed by atoms with Crippen LogP contribution in [0.5, 0.6) is 0 Å². The third kappa shape index (κ3) is 7.78. The number of benzene rings is 1. The molecule has 0 saturated heterocycles. The number of carbonyl (C=O) groups excluding carboxylic acids is 1. The van der Waals surface area contributed by atoms with Gasteiger partial charge in [0.2, 0.25) is 11.8 Å². The van der Waals surface area contributed by atoms with Gasteiger partial charge in [0.05, 0.1) is 0 Å². The first-order chi connectivity index (χ1) is 12.7. The molecule has 0 atom stereocenters. The van der Waals surface area contributed by atoms with Crippen LogP contribution in [-0.2, 0) is 24.2 Å². The molecular weight excluding hydrogens is 328 g/mol. The van der Waals surface area contributed by atoms with E-state index in [-0.39, 0.29) is 5.91 Å². The van der Waals surface area contributed by atoms with Crippen molar-refractivity contribution in [3.8, 4) is 0 Å². The molecule has 1 N–H and O–H groups in total. The molecular formula is C20H30N4O2. The molecule has 6 heteroatoms. The van der Waals surface area contributed by atoms with Crippen LogP contribution in [0.3, 0.4) is 0 Å². The van der Waals surface area contributed by atoms with E-state index in [1.165, 1.54) is 5.56 Å². The van der Waals surface area contributed by atoms with E-state index in [9.17, 15) is 4.79 Å².